The van der Waals surface area contributed by atoms with Crippen LogP contribution in [0.25, 0.3) is 0 Å². The molecule has 0 radical (unpaired) electrons. The van der Waals surface area contributed by atoms with Crippen molar-refractivity contribution in [2.45, 2.75) is 20.0 Å². The summed E-state index contributed by atoms with van der Waals surface area (Å²) in [5.41, 5.74) is -0.289. The molecule has 2 heterocycles. The van der Waals surface area contributed by atoms with Crippen LogP contribution in [0.3, 0.4) is 0 Å². The predicted octanol–water partition coefficient (Wildman–Crippen LogP) is 3.72. The van der Waals surface area contributed by atoms with Gasteiger partial charge in [-0.05, 0) is 22.9 Å². The molecule has 0 saturated carbocycles. The van der Waals surface area contributed by atoms with Crippen molar-refractivity contribution in [3.8, 4) is 0 Å². The Morgan fingerprint density at radius 3 is 2.56 bits per heavy atom. The number of benzene rings is 1. The van der Waals surface area contributed by atoms with Crippen molar-refractivity contribution >= 4 is 27.5 Å². The molecule has 0 aliphatic heterocycles. The largest absolute Gasteiger partial charge is 0.318 e. The molecule has 3 rings (SSSR count). The summed E-state index contributed by atoms with van der Waals surface area (Å²) in [5, 5.41) is 10.5. The van der Waals surface area contributed by atoms with Gasteiger partial charge in [-0.1, -0.05) is 0 Å². The van der Waals surface area contributed by atoms with Crippen molar-refractivity contribution in [3.63, 3.8) is 0 Å². The highest BCUT2D eigenvalue weighted by Crippen LogP contribution is 2.21. The highest BCUT2D eigenvalue weighted by Gasteiger charge is 2.20. The van der Waals surface area contributed by atoms with Crippen LogP contribution in [0.4, 0.5) is 23.2 Å². The van der Waals surface area contributed by atoms with Crippen molar-refractivity contribution in [2.75, 3.05) is 5.32 Å². The van der Waals surface area contributed by atoms with E-state index in [1.165, 1.54) is 12.4 Å². The van der Waals surface area contributed by atoms with Gasteiger partial charge in [0.15, 0.2) is 23.1 Å². The number of aryl methyl sites for hydroxylation is 1. The maximum Gasteiger partial charge on any atom is 0.277 e. The zero-order valence-corrected chi connectivity index (χ0v) is 15.4. The topological polar surface area (TPSA) is 64.7 Å². The summed E-state index contributed by atoms with van der Waals surface area (Å²) >= 11 is 3.24. The third-order valence-electron chi connectivity index (χ3n) is 3.68. The Balaban J connectivity index is 1.77. The number of carbonyl (C=O) groups is 1. The summed E-state index contributed by atoms with van der Waals surface area (Å²) in [6.45, 7) is 1.95. The lowest BCUT2D eigenvalue weighted by Crippen LogP contribution is -2.13. The number of nitrogens with one attached hydrogen (secondary N) is 1. The molecule has 0 saturated heterocycles. The van der Waals surface area contributed by atoms with E-state index in [2.05, 4.69) is 31.4 Å². The first-order chi connectivity index (χ1) is 12.8. The van der Waals surface area contributed by atoms with Gasteiger partial charge in [0.05, 0.1) is 22.9 Å². The van der Waals surface area contributed by atoms with Gasteiger partial charge in [0.2, 0.25) is 0 Å². The Hall–Kier alpha value is -2.69. The minimum Gasteiger partial charge on any atom is -0.318 e. The van der Waals surface area contributed by atoms with E-state index in [-0.39, 0.29) is 17.4 Å². The molecule has 0 fully saturated rings. The van der Waals surface area contributed by atoms with Gasteiger partial charge in [-0.3, -0.25) is 14.2 Å². The molecule has 1 aromatic carbocycles. The fourth-order valence-corrected chi connectivity index (χ4v) is 2.82. The third kappa shape index (κ3) is 3.87. The van der Waals surface area contributed by atoms with Crippen LogP contribution < -0.4 is 5.32 Å². The summed E-state index contributed by atoms with van der Waals surface area (Å²) in [6.07, 6.45) is 4.19. The van der Waals surface area contributed by atoms with E-state index in [0.717, 1.165) is 4.68 Å². The molecule has 0 unspecified atom stereocenters. The summed E-state index contributed by atoms with van der Waals surface area (Å²) < 4.78 is 56.9. The number of anilines is 1. The maximum absolute atomic E-state index is 13.7. The summed E-state index contributed by atoms with van der Waals surface area (Å²) in [6, 6.07) is 0.265. The lowest BCUT2D eigenvalue weighted by atomic mass is 10.2. The Morgan fingerprint density at radius 1 is 1.15 bits per heavy atom. The zero-order chi connectivity index (χ0) is 19.7. The number of hydrogen-bond acceptors (Lipinski definition) is 3. The lowest BCUT2D eigenvalue weighted by Gasteiger charge is -2.07. The SMILES string of the molecule is CCn1cc(Br)c(C(=O)Nc2cnn(Cc3c(F)cc(F)c(F)c3F)c2)n1. The predicted molar refractivity (Wildman–Crippen MR) is 91.2 cm³/mol. The second kappa shape index (κ2) is 7.51. The molecular weight excluding hydrogens is 434 g/mol. The van der Waals surface area contributed by atoms with Crippen LogP contribution in [0.2, 0.25) is 0 Å². The molecule has 0 aliphatic carbocycles. The van der Waals surface area contributed by atoms with Crippen molar-refractivity contribution in [3.05, 3.63) is 63.7 Å². The van der Waals surface area contributed by atoms with E-state index in [0.29, 0.717) is 11.0 Å². The van der Waals surface area contributed by atoms with E-state index in [9.17, 15) is 22.4 Å². The van der Waals surface area contributed by atoms with Crippen LogP contribution >= 0.6 is 15.9 Å². The van der Waals surface area contributed by atoms with Gasteiger partial charge < -0.3 is 5.32 Å². The third-order valence-corrected chi connectivity index (χ3v) is 4.26. The first-order valence-corrected chi connectivity index (χ1v) is 8.48. The zero-order valence-electron chi connectivity index (χ0n) is 13.8. The number of halogens is 5. The molecule has 3 aromatic rings. The maximum atomic E-state index is 13.7. The standard InChI is InChI=1S/C16H12BrF4N5O/c1-2-25-7-10(17)15(24-25)16(27)23-8-4-22-26(5-8)6-9-11(18)3-12(19)14(21)13(9)20/h3-5,7H,2,6H2,1H3,(H,23,27). The Labute approximate surface area is 158 Å². The van der Waals surface area contributed by atoms with Crippen LogP contribution in [0.15, 0.2) is 29.1 Å². The van der Waals surface area contributed by atoms with Gasteiger partial charge in [-0.15, -0.1) is 0 Å². The molecule has 0 spiro atoms. The van der Waals surface area contributed by atoms with E-state index in [4.69, 9.17) is 0 Å². The number of hydrogen-bond donors (Lipinski definition) is 1. The Morgan fingerprint density at radius 2 is 1.89 bits per heavy atom. The van der Waals surface area contributed by atoms with Gasteiger partial charge in [-0.25, -0.2) is 17.6 Å². The van der Waals surface area contributed by atoms with Crippen molar-refractivity contribution in [1.29, 1.82) is 0 Å². The van der Waals surface area contributed by atoms with Gasteiger partial charge in [-0.2, -0.15) is 10.2 Å². The van der Waals surface area contributed by atoms with Crippen LogP contribution in [-0.2, 0) is 13.1 Å². The molecule has 1 amide bonds. The second-order valence-corrected chi connectivity index (χ2v) is 6.36. The summed E-state index contributed by atoms with van der Waals surface area (Å²) in [5.74, 6) is -6.74. The lowest BCUT2D eigenvalue weighted by molar-refractivity contribution is 0.102. The molecular formula is C16H12BrF4N5O. The van der Waals surface area contributed by atoms with Crippen molar-refractivity contribution in [1.82, 2.24) is 19.6 Å². The van der Waals surface area contributed by atoms with Gasteiger partial charge in [0.1, 0.15) is 5.82 Å². The molecule has 6 nitrogen and oxygen atoms in total. The van der Waals surface area contributed by atoms with Gasteiger partial charge >= 0.3 is 0 Å². The first-order valence-electron chi connectivity index (χ1n) is 7.68. The molecule has 0 aliphatic rings. The van der Waals surface area contributed by atoms with Crippen LogP contribution in [-0.4, -0.2) is 25.5 Å². The fraction of sp³-hybridized carbons (Fsp3) is 0.188. The number of rotatable bonds is 5. The van der Waals surface area contributed by atoms with E-state index < -0.39 is 41.3 Å². The fourth-order valence-electron chi connectivity index (χ4n) is 2.33. The smallest absolute Gasteiger partial charge is 0.277 e. The Kier molecular flexibility index (Phi) is 5.31. The molecule has 11 heteroatoms. The molecule has 0 bridgehead atoms. The van der Waals surface area contributed by atoms with Crippen LogP contribution in [0.1, 0.15) is 23.0 Å². The summed E-state index contributed by atoms with van der Waals surface area (Å²) in [4.78, 5) is 12.3. The Bertz CT molecular complexity index is 1020. The average molecular weight is 446 g/mol. The average Bonchev–Trinajstić information content (AvgIpc) is 3.22. The van der Waals surface area contributed by atoms with Gasteiger partial charge in [0.25, 0.3) is 5.91 Å². The quantitative estimate of drug-likeness (QED) is 0.369. The van der Waals surface area contributed by atoms with E-state index >= 15 is 0 Å². The molecule has 27 heavy (non-hydrogen) atoms. The number of carbonyl (C=O) groups excluding carboxylic acids is 1. The van der Waals surface area contributed by atoms with Crippen molar-refractivity contribution in [2.24, 2.45) is 0 Å². The normalized spacial score (nSPS) is 11.0. The molecule has 2 aromatic heterocycles. The van der Waals surface area contributed by atoms with Crippen LogP contribution in [0, 0.1) is 23.3 Å². The number of aromatic nitrogens is 4. The number of amides is 1. The first kappa shape index (κ1) is 19.1. The highest BCUT2D eigenvalue weighted by atomic mass is 79.9. The van der Waals surface area contributed by atoms with Gasteiger partial charge in [0, 0.05) is 30.6 Å². The highest BCUT2D eigenvalue weighted by molar-refractivity contribution is 9.10. The molecule has 0 atom stereocenters. The van der Waals surface area contributed by atoms with E-state index in [1.807, 2.05) is 6.92 Å². The summed E-state index contributed by atoms with van der Waals surface area (Å²) in [7, 11) is 0. The monoisotopic (exact) mass is 445 g/mol. The number of nitrogens with zero attached hydrogens (tertiary/aromatic N) is 4. The molecule has 1 N–H and O–H groups in total. The minimum absolute atomic E-state index is 0.155. The molecule has 142 valence electrons. The van der Waals surface area contributed by atoms with Crippen molar-refractivity contribution < 1.29 is 22.4 Å². The second-order valence-electron chi connectivity index (χ2n) is 5.51. The van der Waals surface area contributed by atoms with E-state index in [1.54, 1.807) is 10.9 Å². The van der Waals surface area contributed by atoms with Crippen LogP contribution in [0.5, 0.6) is 0 Å². The minimum atomic E-state index is -1.76.